The van der Waals surface area contributed by atoms with Gasteiger partial charge in [-0.05, 0) is 69.4 Å². The number of aromatic nitrogens is 2. The van der Waals surface area contributed by atoms with Crippen LogP contribution in [-0.2, 0) is 9.84 Å². The van der Waals surface area contributed by atoms with Crippen LogP contribution in [-0.4, -0.2) is 36.5 Å². The normalized spacial score (nSPS) is 16.1. The summed E-state index contributed by atoms with van der Waals surface area (Å²) in [7, 11) is -3.53. The van der Waals surface area contributed by atoms with Gasteiger partial charge in [-0.2, -0.15) is 15.5 Å². The molecule has 2 heterocycles. The Bertz CT molecular complexity index is 957. The van der Waals surface area contributed by atoms with Crippen LogP contribution in [0.3, 0.4) is 0 Å². The topological polar surface area (TPSA) is 87.0 Å². The van der Waals surface area contributed by atoms with E-state index >= 15 is 0 Å². The second kappa shape index (κ2) is 7.28. The summed E-state index contributed by atoms with van der Waals surface area (Å²) in [5.74, 6) is 0.0589. The standard InChI is InChI=1S/C20H24N4O2S/c1-15-12-16(13-21)4-5-19(15)27(25,26)20(2,3)17-7-10-24(11-8-17)18-6-9-22-23-14-18/h4-6,9,12,14,17H,7-8,10-11H2,1-3H3. The van der Waals surface area contributed by atoms with Crippen LogP contribution in [0.4, 0.5) is 5.69 Å². The van der Waals surface area contributed by atoms with Crippen molar-refractivity contribution >= 4 is 15.5 Å². The Kier molecular flexibility index (Phi) is 5.20. The van der Waals surface area contributed by atoms with Crippen molar-refractivity contribution in [2.24, 2.45) is 5.92 Å². The number of hydrogen-bond acceptors (Lipinski definition) is 6. The van der Waals surface area contributed by atoms with Gasteiger partial charge < -0.3 is 4.90 Å². The van der Waals surface area contributed by atoms with Crippen molar-refractivity contribution < 1.29 is 8.42 Å². The molecule has 1 aromatic carbocycles. The molecular weight excluding hydrogens is 360 g/mol. The third-order valence-electron chi connectivity index (χ3n) is 5.70. The van der Waals surface area contributed by atoms with Crippen molar-refractivity contribution in [3.8, 4) is 6.07 Å². The van der Waals surface area contributed by atoms with Crippen LogP contribution >= 0.6 is 0 Å². The van der Waals surface area contributed by atoms with Gasteiger partial charge in [-0.1, -0.05) is 0 Å². The lowest BCUT2D eigenvalue weighted by Gasteiger charge is -2.41. The zero-order valence-corrected chi connectivity index (χ0v) is 16.7. The van der Waals surface area contributed by atoms with Crippen molar-refractivity contribution in [3.63, 3.8) is 0 Å². The zero-order chi connectivity index (χ0) is 19.7. The minimum absolute atomic E-state index is 0.0589. The number of rotatable bonds is 4. The molecule has 0 spiro atoms. The third-order valence-corrected chi connectivity index (χ3v) is 8.45. The highest BCUT2D eigenvalue weighted by Gasteiger charge is 2.44. The van der Waals surface area contributed by atoms with E-state index in [0.29, 0.717) is 16.0 Å². The van der Waals surface area contributed by atoms with Crippen LogP contribution in [0.1, 0.15) is 37.8 Å². The van der Waals surface area contributed by atoms with Gasteiger partial charge in [0.05, 0.1) is 39.4 Å². The van der Waals surface area contributed by atoms with Crippen LogP contribution in [0, 0.1) is 24.2 Å². The zero-order valence-electron chi connectivity index (χ0n) is 15.9. The van der Waals surface area contributed by atoms with Crippen LogP contribution in [0.2, 0.25) is 0 Å². The average Bonchev–Trinajstić information content (AvgIpc) is 2.68. The minimum Gasteiger partial charge on any atom is -0.370 e. The van der Waals surface area contributed by atoms with Gasteiger partial charge in [-0.25, -0.2) is 8.42 Å². The number of benzene rings is 1. The predicted octanol–water partition coefficient (Wildman–Crippen LogP) is 3.13. The second-order valence-corrected chi connectivity index (χ2v) is 10.1. The van der Waals surface area contributed by atoms with Gasteiger partial charge in [0, 0.05) is 13.1 Å². The van der Waals surface area contributed by atoms with E-state index in [1.807, 2.05) is 19.9 Å². The molecule has 0 N–H and O–H groups in total. The van der Waals surface area contributed by atoms with Gasteiger partial charge in [0.2, 0.25) is 0 Å². The summed E-state index contributed by atoms with van der Waals surface area (Å²) in [5, 5.41) is 16.8. The molecule has 1 saturated heterocycles. The fourth-order valence-corrected chi connectivity index (χ4v) is 5.80. The Labute approximate surface area is 160 Å². The molecule has 6 nitrogen and oxygen atoms in total. The Balaban J connectivity index is 1.81. The molecule has 0 unspecified atom stereocenters. The number of sulfone groups is 1. The smallest absolute Gasteiger partial charge is 0.184 e. The fraction of sp³-hybridized carbons (Fsp3) is 0.450. The van der Waals surface area contributed by atoms with Crippen LogP contribution in [0.15, 0.2) is 41.6 Å². The van der Waals surface area contributed by atoms with E-state index in [-0.39, 0.29) is 5.92 Å². The maximum Gasteiger partial charge on any atom is 0.184 e. The first-order valence-corrected chi connectivity index (χ1v) is 10.5. The Morgan fingerprint density at radius 2 is 1.89 bits per heavy atom. The van der Waals surface area contributed by atoms with Crippen molar-refractivity contribution in [2.75, 3.05) is 18.0 Å². The molecule has 0 aliphatic carbocycles. The maximum absolute atomic E-state index is 13.4. The molecule has 1 aliphatic heterocycles. The van der Waals surface area contributed by atoms with E-state index in [1.54, 1.807) is 37.5 Å². The largest absolute Gasteiger partial charge is 0.370 e. The third kappa shape index (κ3) is 3.54. The molecule has 0 amide bonds. The Hall–Kier alpha value is -2.46. The van der Waals surface area contributed by atoms with E-state index in [0.717, 1.165) is 31.6 Å². The maximum atomic E-state index is 13.4. The summed E-state index contributed by atoms with van der Waals surface area (Å²) in [6, 6.07) is 8.78. The summed E-state index contributed by atoms with van der Waals surface area (Å²) in [6.45, 7) is 6.99. The molecule has 0 bridgehead atoms. The molecule has 1 aromatic heterocycles. The van der Waals surface area contributed by atoms with Gasteiger partial charge in [0.15, 0.2) is 9.84 Å². The van der Waals surface area contributed by atoms with Crippen molar-refractivity contribution in [1.82, 2.24) is 10.2 Å². The molecule has 3 rings (SSSR count). The van der Waals surface area contributed by atoms with Crippen molar-refractivity contribution in [3.05, 3.63) is 47.8 Å². The van der Waals surface area contributed by atoms with Gasteiger partial charge in [-0.15, -0.1) is 0 Å². The highest BCUT2D eigenvalue weighted by atomic mass is 32.2. The quantitative estimate of drug-likeness (QED) is 0.805. The second-order valence-electron chi connectivity index (χ2n) is 7.56. The lowest BCUT2D eigenvalue weighted by atomic mass is 9.85. The molecule has 1 aliphatic rings. The molecule has 27 heavy (non-hydrogen) atoms. The first kappa shape index (κ1) is 19.3. The number of anilines is 1. The minimum atomic E-state index is -3.53. The summed E-state index contributed by atoms with van der Waals surface area (Å²) in [6.07, 6.45) is 5.00. The molecule has 0 radical (unpaired) electrons. The number of nitrogens with zero attached hydrogens (tertiary/aromatic N) is 4. The SMILES string of the molecule is Cc1cc(C#N)ccc1S(=O)(=O)C(C)(C)C1CCN(c2ccnnc2)CC1. The summed E-state index contributed by atoms with van der Waals surface area (Å²) >= 11 is 0. The molecule has 1 fully saturated rings. The fourth-order valence-electron chi connectivity index (χ4n) is 3.83. The summed E-state index contributed by atoms with van der Waals surface area (Å²) < 4.78 is 25.9. The number of piperidine rings is 1. The Morgan fingerprint density at radius 1 is 1.19 bits per heavy atom. The summed E-state index contributed by atoms with van der Waals surface area (Å²) in [4.78, 5) is 2.55. The van der Waals surface area contributed by atoms with E-state index < -0.39 is 14.6 Å². The van der Waals surface area contributed by atoms with E-state index in [2.05, 4.69) is 21.2 Å². The molecule has 0 atom stereocenters. The lowest BCUT2D eigenvalue weighted by molar-refractivity contribution is 0.324. The number of aryl methyl sites for hydroxylation is 1. The van der Waals surface area contributed by atoms with Gasteiger partial charge in [-0.3, -0.25) is 0 Å². The van der Waals surface area contributed by atoms with Crippen molar-refractivity contribution in [2.45, 2.75) is 43.3 Å². The predicted molar refractivity (Wildman–Crippen MR) is 104 cm³/mol. The molecular formula is C20H24N4O2S. The molecule has 142 valence electrons. The van der Waals surface area contributed by atoms with Crippen LogP contribution in [0.5, 0.6) is 0 Å². The first-order chi connectivity index (χ1) is 12.8. The van der Waals surface area contributed by atoms with Gasteiger partial charge in [0.1, 0.15) is 0 Å². The van der Waals surface area contributed by atoms with Gasteiger partial charge in [0.25, 0.3) is 0 Å². The van der Waals surface area contributed by atoms with E-state index in [4.69, 9.17) is 5.26 Å². The molecule has 7 heteroatoms. The average molecular weight is 385 g/mol. The Morgan fingerprint density at radius 3 is 2.44 bits per heavy atom. The molecule has 0 saturated carbocycles. The van der Waals surface area contributed by atoms with Crippen molar-refractivity contribution in [1.29, 1.82) is 5.26 Å². The van der Waals surface area contributed by atoms with Crippen LogP contribution in [0.25, 0.3) is 0 Å². The lowest BCUT2D eigenvalue weighted by Crippen LogP contribution is -2.46. The van der Waals surface area contributed by atoms with E-state index in [9.17, 15) is 8.42 Å². The first-order valence-electron chi connectivity index (χ1n) is 9.04. The molecule has 2 aromatic rings. The highest BCUT2D eigenvalue weighted by molar-refractivity contribution is 7.92. The van der Waals surface area contributed by atoms with Crippen LogP contribution < -0.4 is 4.90 Å². The number of nitriles is 1. The monoisotopic (exact) mass is 384 g/mol. The van der Waals surface area contributed by atoms with E-state index in [1.165, 1.54) is 0 Å². The van der Waals surface area contributed by atoms with Gasteiger partial charge >= 0.3 is 0 Å². The highest BCUT2D eigenvalue weighted by Crippen LogP contribution is 2.39. The number of hydrogen-bond donors (Lipinski definition) is 0. The summed E-state index contributed by atoms with van der Waals surface area (Å²) in [5.41, 5.74) is 2.12.